The van der Waals surface area contributed by atoms with Crippen molar-refractivity contribution in [2.24, 2.45) is 0 Å². The Morgan fingerprint density at radius 3 is 2.00 bits per heavy atom. The predicted molar refractivity (Wildman–Crippen MR) is 129 cm³/mol. The summed E-state index contributed by atoms with van der Waals surface area (Å²) < 4.78 is 1.74. The average Bonchev–Trinajstić information content (AvgIpc) is 2.69. The third kappa shape index (κ3) is 4.81. The van der Waals surface area contributed by atoms with Gasteiger partial charge in [-0.3, -0.25) is 0 Å². The Bertz CT molecular complexity index is 1200. The third-order valence-corrected chi connectivity index (χ3v) is 6.90. The molecule has 0 spiro atoms. The maximum Gasteiger partial charge on any atom is -0.147 e. The van der Waals surface area contributed by atoms with E-state index in [1.165, 1.54) is 0 Å². The van der Waals surface area contributed by atoms with E-state index in [1.807, 2.05) is 24.3 Å². The summed E-state index contributed by atoms with van der Waals surface area (Å²) in [6.07, 6.45) is 0. The average molecular weight is 503 g/mol. The van der Waals surface area contributed by atoms with Gasteiger partial charge in [-0.15, -0.1) is 12.4 Å². The van der Waals surface area contributed by atoms with E-state index in [2.05, 4.69) is 50.8 Å². The van der Waals surface area contributed by atoms with Crippen LogP contribution in [0.2, 0.25) is 10.0 Å². The van der Waals surface area contributed by atoms with E-state index in [9.17, 15) is 0 Å². The quantitative estimate of drug-likeness (QED) is 0.238. The van der Waals surface area contributed by atoms with Crippen LogP contribution in [0.3, 0.4) is 0 Å². The Hall–Kier alpha value is -1.65. The Morgan fingerprint density at radius 2 is 1.40 bits per heavy atom. The molecule has 2 aromatic heterocycles. The second-order valence-electron chi connectivity index (χ2n) is 6.80. The molecular weight excluding hydrogens is 480 g/mol. The molecule has 4 rings (SSSR count). The SMILES string of the molecule is C=[C]([Fe][c]1c(Cl)cccc1Cl)c1ccc2ccc3ccc(C(C)C)nc3c2n1.Cl.N. The zero-order valence-electron chi connectivity index (χ0n) is 16.6. The standard InChI is InChI=1S/C17H15N2.C6H3Cl2.ClH.Fe.H3N/c1-4-14-9-7-12-5-6-13-8-10-15(11(2)3)19-17(13)16(12)18-14;7-5-2-1-3-6(8)4-5;;;/h5-11H,1H2,2-3H3;1-3H;1H;;1H3. The minimum atomic E-state index is 0. The number of hydrogen-bond acceptors (Lipinski definition) is 3. The van der Waals surface area contributed by atoms with Gasteiger partial charge in [0.1, 0.15) is 0 Å². The molecule has 0 fully saturated rings. The molecule has 0 unspecified atom stereocenters. The van der Waals surface area contributed by atoms with E-state index in [1.54, 1.807) is 0 Å². The fraction of sp³-hybridized carbons (Fsp3) is 0.130. The summed E-state index contributed by atoms with van der Waals surface area (Å²) in [5.41, 5.74) is 3.71. The summed E-state index contributed by atoms with van der Waals surface area (Å²) in [7, 11) is 0. The van der Waals surface area contributed by atoms with Crippen molar-refractivity contribution in [3.05, 3.63) is 82.6 Å². The molecule has 0 saturated heterocycles. The molecule has 2 heterocycles. The molecule has 0 aliphatic carbocycles. The zero-order chi connectivity index (χ0) is 19.8. The monoisotopic (exact) mass is 501 g/mol. The molecule has 3 N–H and O–H groups in total. The van der Waals surface area contributed by atoms with E-state index >= 15 is 0 Å². The molecule has 0 aliphatic heterocycles. The summed E-state index contributed by atoms with van der Waals surface area (Å²) >= 11 is 13.2. The summed E-state index contributed by atoms with van der Waals surface area (Å²) in [6.45, 7) is 8.53. The molecule has 0 bridgehead atoms. The van der Waals surface area contributed by atoms with Gasteiger partial charge in [-0.1, -0.05) is 0 Å². The maximum atomic E-state index is 6.33. The van der Waals surface area contributed by atoms with Crippen LogP contribution in [0.15, 0.2) is 61.2 Å². The van der Waals surface area contributed by atoms with Crippen LogP contribution in [0.1, 0.15) is 31.2 Å². The van der Waals surface area contributed by atoms with E-state index < -0.39 is 0 Å². The van der Waals surface area contributed by atoms with Gasteiger partial charge in [-0.25, -0.2) is 0 Å². The Labute approximate surface area is 199 Å². The van der Waals surface area contributed by atoms with Crippen molar-refractivity contribution in [2.75, 3.05) is 0 Å². The fourth-order valence-corrected chi connectivity index (χ4v) is 4.71. The molecule has 0 amide bonds. The van der Waals surface area contributed by atoms with E-state index in [4.69, 9.17) is 33.2 Å². The van der Waals surface area contributed by atoms with Gasteiger partial charge in [-0.05, 0) is 0 Å². The van der Waals surface area contributed by atoms with Gasteiger partial charge in [-0.2, -0.15) is 0 Å². The van der Waals surface area contributed by atoms with Crippen molar-refractivity contribution in [1.82, 2.24) is 16.1 Å². The number of halogens is 3. The van der Waals surface area contributed by atoms with Crippen LogP contribution in [0, 0.1) is 0 Å². The normalized spacial score (nSPS) is 10.8. The van der Waals surface area contributed by atoms with Crippen LogP contribution in [0.5, 0.6) is 0 Å². The first-order valence-corrected chi connectivity index (χ1v) is 10.8. The second-order valence-corrected chi connectivity index (χ2v) is 9.11. The number of benzene rings is 2. The van der Waals surface area contributed by atoms with Crippen molar-refractivity contribution in [1.29, 1.82) is 0 Å². The fourth-order valence-electron chi connectivity index (χ4n) is 2.96. The summed E-state index contributed by atoms with van der Waals surface area (Å²) in [5, 5.41) is 3.43. The second kappa shape index (κ2) is 10.1. The van der Waals surface area contributed by atoms with Crippen LogP contribution in [-0.2, 0) is 15.0 Å². The predicted octanol–water partition coefficient (Wildman–Crippen LogP) is 7.18. The molecule has 0 radical (unpaired) electrons. The van der Waals surface area contributed by atoms with Crippen LogP contribution in [-0.4, -0.2) is 9.97 Å². The Kier molecular flexibility index (Phi) is 8.29. The molecule has 30 heavy (non-hydrogen) atoms. The molecule has 0 atom stereocenters. The van der Waals surface area contributed by atoms with Crippen LogP contribution in [0.4, 0.5) is 0 Å². The van der Waals surface area contributed by atoms with Crippen molar-refractivity contribution in [2.45, 2.75) is 19.8 Å². The smallest absolute Gasteiger partial charge is 0.147 e. The third-order valence-electron chi connectivity index (χ3n) is 4.49. The minimum absolute atomic E-state index is 0. The van der Waals surface area contributed by atoms with Gasteiger partial charge in [0, 0.05) is 0 Å². The van der Waals surface area contributed by atoms with Crippen molar-refractivity contribution in [3.8, 4) is 0 Å². The molecule has 2 aromatic carbocycles. The molecule has 3 nitrogen and oxygen atoms in total. The van der Waals surface area contributed by atoms with Crippen LogP contribution in [0.25, 0.3) is 26.3 Å². The van der Waals surface area contributed by atoms with Gasteiger partial charge >= 0.3 is 181 Å². The zero-order valence-corrected chi connectivity index (χ0v) is 20.0. The minimum Gasteiger partial charge on any atom is -0.344 e. The largest absolute Gasteiger partial charge is 0.344 e. The summed E-state index contributed by atoms with van der Waals surface area (Å²) in [6, 6.07) is 18.0. The topological polar surface area (TPSA) is 60.8 Å². The van der Waals surface area contributed by atoms with E-state index in [-0.39, 0.29) is 18.6 Å². The van der Waals surface area contributed by atoms with E-state index in [0.29, 0.717) is 30.9 Å². The van der Waals surface area contributed by atoms with E-state index in [0.717, 1.165) is 42.1 Å². The van der Waals surface area contributed by atoms with Crippen molar-refractivity contribution in [3.63, 3.8) is 0 Å². The number of aromatic nitrogens is 2. The summed E-state index contributed by atoms with van der Waals surface area (Å²) in [5.74, 6) is 0.361. The van der Waals surface area contributed by atoms with Crippen LogP contribution < -0.4 is 10.6 Å². The molecule has 4 aromatic rings. The first kappa shape index (κ1) is 24.6. The van der Waals surface area contributed by atoms with Gasteiger partial charge in [0.05, 0.1) is 0 Å². The Morgan fingerprint density at radius 1 is 0.867 bits per heavy atom. The van der Waals surface area contributed by atoms with Gasteiger partial charge in [0.25, 0.3) is 0 Å². The van der Waals surface area contributed by atoms with Gasteiger partial charge in [0.2, 0.25) is 0 Å². The number of hydrogen-bond donors (Lipinski definition) is 1. The van der Waals surface area contributed by atoms with Crippen LogP contribution >= 0.6 is 35.6 Å². The Balaban J connectivity index is 0.00000160. The van der Waals surface area contributed by atoms with Crippen molar-refractivity contribution >= 4 is 66.3 Å². The molecule has 0 saturated carbocycles. The number of fused-ring (bicyclic) bond motifs is 3. The number of nitrogens with zero attached hydrogens (tertiary/aromatic N) is 2. The number of pyridine rings is 2. The first-order chi connectivity index (χ1) is 13.4. The van der Waals surface area contributed by atoms with Crippen molar-refractivity contribution < 1.29 is 15.0 Å². The van der Waals surface area contributed by atoms with Gasteiger partial charge < -0.3 is 6.15 Å². The molecule has 158 valence electrons. The molecule has 7 heteroatoms. The maximum absolute atomic E-state index is 6.33. The first-order valence-electron chi connectivity index (χ1n) is 8.90. The number of rotatable bonds is 4. The van der Waals surface area contributed by atoms with Gasteiger partial charge in [0.15, 0.2) is 0 Å². The summed E-state index contributed by atoms with van der Waals surface area (Å²) in [4.78, 5) is 9.79. The molecule has 0 aliphatic rings. The molecular formula is C23H22Cl3FeN3.